The number of aromatic nitrogens is 2. The zero-order valence-corrected chi connectivity index (χ0v) is 12.9. The number of amidine groups is 1. The van der Waals surface area contributed by atoms with Crippen molar-refractivity contribution in [2.24, 2.45) is 10.9 Å². The molecule has 6 nitrogen and oxygen atoms in total. The molecule has 1 N–H and O–H groups in total. The fourth-order valence-corrected chi connectivity index (χ4v) is 3.96. The van der Waals surface area contributed by atoms with Gasteiger partial charge < -0.3 is 4.74 Å². The van der Waals surface area contributed by atoms with E-state index in [1.54, 1.807) is 18.1 Å². The van der Waals surface area contributed by atoms with Gasteiger partial charge in [-0.15, -0.1) is 11.8 Å². The van der Waals surface area contributed by atoms with Gasteiger partial charge in [0.2, 0.25) is 0 Å². The fourth-order valence-electron chi connectivity index (χ4n) is 3.58. The van der Waals surface area contributed by atoms with E-state index < -0.39 is 0 Å². The van der Waals surface area contributed by atoms with E-state index in [4.69, 9.17) is 4.74 Å². The Hall–Kier alpha value is -1.34. The molecule has 3 saturated heterocycles. The van der Waals surface area contributed by atoms with Gasteiger partial charge in [0.25, 0.3) is 6.02 Å². The first-order valence-electron chi connectivity index (χ1n) is 7.36. The molecular weight excluding hydrogens is 286 g/mol. The lowest BCUT2D eigenvalue weighted by Gasteiger charge is -2.50. The Morgan fingerprint density at radius 1 is 1.38 bits per heavy atom. The second-order valence-corrected chi connectivity index (χ2v) is 6.74. The number of rotatable bonds is 2. The number of fused-ring (bicyclic) bond motifs is 2. The van der Waals surface area contributed by atoms with Crippen molar-refractivity contribution in [2.75, 3.05) is 37.8 Å². The number of nitrogens with one attached hydrogen (secondary N) is 1. The molecule has 1 aromatic rings. The summed E-state index contributed by atoms with van der Waals surface area (Å²) in [5, 5.41) is 4.13. The summed E-state index contributed by atoms with van der Waals surface area (Å²) in [5.74, 6) is 1.38. The Kier molecular flexibility index (Phi) is 3.26. The number of ether oxygens (including phenoxy) is 1. The Labute approximate surface area is 128 Å². The molecule has 112 valence electrons. The number of nitrogens with zero attached hydrogens (tertiary/aromatic N) is 4. The molecule has 21 heavy (non-hydrogen) atoms. The van der Waals surface area contributed by atoms with E-state index in [0.29, 0.717) is 11.9 Å². The Morgan fingerprint density at radius 3 is 2.95 bits per heavy atom. The second-order valence-electron chi connectivity index (χ2n) is 5.91. The third-order valence-corrected chi connectivity index (χ3v) is 5.34. The lowest BCUT2D eigenvalue weighted by Crippen LogP contribution is -2.61. The smallest absolute Gasteiger partial charge is 0.291 e. The molecule has 0 aromatic carbocycles. The van der Waals surface area contributed by atoms with Crippen LogP contribution in [-0.2, 0) is 4.74 Å². The summed E-state index contributed by atoms with van der Waals surface area (Å²) < 4.78 is 6.23. The van der Waals surface area contributed by atoms with Crippen molar-refractivity contribution in [1.29, 1.82) is 0 Å². The number of thioether (sulfide) groups is 1. The van der Waals surface area contributed by atoms with Gasteiger partial charge in [0.1, 0.15) is 22.8 Å². The van der Waals surface area contributed by atoms with Gasteiger partial charge >= 0.3 is 0 Å². The first kappa shape index (κ1) is 13.3. The molecule has 7 heteroatoms. The van der Waals surface area contributed by atoms with Crippen molar-refractivity contribution >= 4 is 23.6 Å². The summed E-state index contributed by atoms with van der Waals surface area (Å²) in [6.07, 6.45) is 6.02. The molecule has 4 aliphatic heterocycles. The monoisotopic (exact) mass is 305 g/mol. The maximum absolute atomic E-state index is 6.23. The highest BCUT2D eigenvalue weighted by atomic mass is 32.2. The van der Waals surface area contributed by atoms with Crippen LogP contribution in [0.5, 0.6) is 0 Å². The number of piperidine rings is 3. The number of hydrogen-bond acceptors (Lipinski definition) is 7. The minimum atomic E-state index is -0.103. The molecule has 4 aliphatic rings. The quantitative estimate of drug-likeness (QED) is 0.659. The molecule has 5 rings (SSSR count). The minimum absolute atomic E-state index is 0.103. The number of anilines is 1. The summed E-state index contributed by atoms with van der Waals surface area (Å²) in [6.45, 7) is 4.19. The van der Waals surface area contributed by atoms with E-state index in [1.165, 1.54) is 25.9 Å². The van der Waals surface area contributed by atoms with E-state index in [1.807, 2.05) is 12.3 Å². The summed E-state index contributed by atoms with van der Waals surface area (Å²) >= 11 is 1.59. The molecule has 0 aliphatic carbocycles. The molecule has 1 aromatic heterocycles. The molecular formula is C14H19N5OS. The second kappa shape index (κ2) is 5.14. The van der Waals surface area contributed by atoms with E-state index in [-0.39, 0.29) is 5.60 Å². The van der Waals surface area contributed by atoms with Gasteiger partial charge in [-0.05, 0) is 32.2 Å². The molecule has 0 radical (unpaired) electrons. The van der Waals surface area contributed by atoms with Crippen LogP contribution in [-0.4, -0.2) is 58.9 Å². The van der Waals surface area contributed by atoms with E-state index in [2.05, 4.69) is 25.2 Å². The number of aliphatic imine (C=N–C) groups is 1. The topological polar surface area (TPSA) is 62.6 Å². The zero-order valence-electron chi connectivity index (χ0n) is 12.1. The van der Waals surface area contributed by atoms with E-state index >= 15 is 0 Å². The summed E-state index contributed by atoms with van der Waals surface area (Å²) in [7, 11) is 0. The van der Waals surface area contributed by atoms with Gasteiger partial charge in [-0.2, -0.15) is 0 Å². The van der Waals surface area contributed by atoms with Crippen LogP contribution in [0.3, 0.4) is 0 Å². The average Bonchev–Trinajstić information content (AvgIpc) is 2.91. The van der Waals surface area contributed by atoms with Crippen LogP contribution < -0.4 is 5.32 Å². The highest BCUT2D eigenvalue weighted by Crippen LogP contribution is 2.40. The van der Waals surface area contributed by atoms with Crippen molar-refractivity contribution in [1.82, 2.24) is 14.9 Å². The fraction of sp³-hybridized carbons (Fsp3) is 0.643. The third kappa shape index (κ3) is 2.38. The largest absolute Gasteiger partial charge is 0.455 e. The van der Waals surface area contributed by atoms with Gasteiger partial charge in [0.15, 0.2) is 0 Å². The zero-order chi connectivity index (χ0) is 14.3. The predicted molar refractivity (Wildman–Crippen MR) is 82.7 cm³/mol. The van der Waals surface area contributed by atoms with Crippen molar-refractivity contribution in [3.8, 4) is 0 Å². The Morgan fingerprint density at radius 2 is 2.24 bits per heavy atom. The van der Waals surface area contributed by atoms with Crippen molar-refractivity contribution in [3.05, 3.63) is 12.4 Å². The van der Waals surface area contributed by atoms with E-state index in [9.17, 15) is 0 Å². The van der Waals surface area contributed by atoms with Crippen LogP contribution in [0.25, 0.3) is 0 Å². The highest BCUT2D eigenvalue weighted by molar-refractivity contribution is 7.98. The van der Waals surface area contributed by atoms with Crippen LogP contribution in [0.1, 0.15) is 12.8 Å². The molecule has 1 unspecified atom stereocenters. The molecule has 1 atom stereocenters. The molecule has 3 fully saturated rings. The average molecular weight is 305 g/mol. The maximum Gasteiger partial charge on any atom is 0.291 e. The Balaban J connectivity index is 1.46. The van der Waals surface area contributed by atoms with Crippen LogP contribution in [0.4, 0.5) is 5.82 Å². The Bertz CT molecular complexity index is 572. The van der Waals surface area contributed by atoms with Gasteiger partial charge in [-0.1, -0.05) is 0 Å². The molecule has 1 spiro atoms. The van der Waals surface area contributed by atoms with Gasteiger partial charge in [0, 0.05) is 18.5 Å². The third-order valence-electron chi connectivity index (χ3n) is 4.70. The van der Waals surface area contributed by atoms with Gasteiger partial charge in [0.05, 0.1) is 6.54 Å². The lowest BCUT2D eigenvalue weighted by atomic mass is 9.75. The first-order chi connectivity index (χ1) is 10.3. The molecule has 0 saturated carbocycles. The SMILES string of the molecule is CSc1cc(NC2=NCC3(CN4CCC3CC4)O2)ncn1. The summed E-state index contributed by atoms with van der Waals surface area (Å²) in [6, 6.07) is 2.52. The maximum atomic E-state index is 6.23. The summed E-state index contributed by atoms with van der Waals surface area (Å²) in [5.41, 5.74) is -0.103. The lowest BCUT2D eigenvalue weighted by molar-refractivity contribution is -0.0829. The van der Waals surface area contributed by atoms with Gasteiger partial charge in [-0.25, -0.2) is 15.0 Å². The van der Waals surface area contributed by atoms with E-state index in [0.717, 1.165) is 23.9 Å². The normalized spacial score (nSPS) is 33.9. The minimum Gasteiger partial charge on any atom is -0.455 e. The highest BCUT2D eigenvalue weighted by Gasteiger charge is 2.51. The number of hydrogen-bond donors (Lipinski definition) is 1. The first-order valence-corrected chi connectivity index (χ1v) is 8.59. The summed E-state index contributed by atoms with van der Waals surface area (Å²) in [4.78, 5) is 15.5. The van der Waals surface area contributed by atoms with Crippen LogP contribution in [0.15, 0.2) is 22.4 Å². The van der Waals surface area contributed by atoms with Gasteiger partial charge in [-0.3, -0.25) is 10.2 Å². The van der Waals surface area contributed by atoms with Crippen molar-refractivity contribution in [2.45, 2.75) is 23.5 Å². The van der Waals surface area contributed by atoms with Crippen molar-refractivity contribution in [3.63, 3.8) is 0 Å². The predicted octanol–water partition coefficient (Wildman–Crippen LogP) is 1.46. The van der Waals surface area contributed by atoms with Crippen LogP contribution >= 0.6 is 11.8 Å². The molecule has 2 bridgehead atoms. The van der Waals surface area contributed by atoms with Crippen molar-refractivity contribution < 1.29 is 4.74 Å². The molecule has 5 heterocycles. The van der Waals surface area contributed by atoms with Crippen LogP contribution in [0, 0.1) is 5.92 Å². The molecule has 0 amide bonds. The standard InChI is InChI=1S/C14H19N5OS/c1-21-12-6-11(16-9-17-12)18-13-15-7-14(20-13)8-19-4-2-10(14)3-5-19/h6,9-10H,2-5,7-8H2,1H3,(H,15,16,17,18). The van der Waals surface area contributed by atoms with Crippen LogP contribution in [0.2, 0.25) is 0 Å².